The second kappa shape index (κ2) is 8.51. The Bertz CT molecular complexity index is 596. The molecule has 0 radical (unpaired) electrons. The minimum atomic E-state index is -0.232. The molecule has 0 bridgehead atoms. The maximum absolute atomic E-state index is 11.8. The van der Waals surface area contributed by atoms with Crippen molar-refractivity contribution in [3.05, 3.63) is 46.5 Å². The number of hydrogen-bond donors (Lipinski definition) is 3. The highest BCUT2D eigenvalue weighted by atomic mass is 32.1. The minimum Gasteiger partial charge on any atom is -0.392 e. The van der Waals surface area contributed by atoms with E-state index < -0.39 is 0 Å². The van der Waals surface area contributed by atoms with Crippen molar-refractivity contribution < 1.29 is 9.90 Å². The molecule has 5 nitrogen and oxygen atoms in total. The van der Waals surface area contributed by atoms with Crippen molar-refractivity contribution in [3.63, 3.8) is 0 Å². The number of aliphatic hydroxyl groups is 1. The van der Waals surface area contributed by atoms with Crippen LogP contribution in [0.2, 0.25) is 0 Å². The van der Waals surface area contributed by atoms with E-state index in [1.54, 1.807) is 0 Å². The van der Waals surface area contributed by atoms with Crippen LogP contribution in [0, 0.1) is 0 Å². The number of nitrogens with zero attached hydrogens (tertiary/aromatic N) is 1. The third kappa shape index (κ3) is 5.13. The molecule has 0 unspecified atom stereocenters. The van der Waals surface area contributed by atoms with Gasteiger partial charge in [0.25, 0.3) is 0 Å². The molecule has 0 saturated carbocycles. The van der Waals surface area contributed by atoms with E-state index in [-0.39, 0.29) is 12.6 Å². The zero-order valence-corrected chi connectivity index (χ0v) is 13.4. The number of nitrogens with one attached hydrogen (secondary N) is 2. The topological polar surface area (TPSA) is 74.2 Å². The van der Waals surface area contributed by atoms with Gasteiger partial charge in [-0.2, -0.15) is 0 Å². The van der Waals surface area contributed by atoms with Crippen molar-refractivity contribution in [3.8, 4) is 0 Å². The highest BCUT2D eigenvalue weighted by Gasteiger charge is 2.05. The Balaban J connectivity index is 1.72. The van der Waals surface area contributed by atoms with Crippen LogP contribution in [0.15, 0.2) is 30.5 Å². The Morgan fingerprint density at radius 3 is 2.64 bits per heavy atom. The van der Waals surface area contributed by atoms with Crippen LogP contribution in [0.1, 0.15) is 29.3 Å². The van der Waals surface area contributed by atoms with Gasteiger partial charge in [0.1, 0.15) is 0 Å². The van der Waals surface area contributed by atoms with Crippen LogP contribution in [0.25, 0.3) is 0 Å². The van der Waals surface area contributed by atoms with Crippen molar-refractivity contribution in [1.82, 2.24) is 10.3 Å². The molecule has 1 heterocycles. The molecular formula is C16H21N3O2S. The third-order valence-electron chi connectivity index (χ3n) is 3.18. The highest BCUT2D eigenvalue weighted by molar-refractivity contribution is 7.15. The monoisotopic (exact) mass is 319 g/mol. The van der Waals surface area contributed by atoms with E-state index >= 15 is 0 Å². The molecule has 0 aliphatic rings. The minimum absolute atomic E-state index is 0.0504. The number of rotatable bonds is 7. The first-order chi connectivity index (χ1) is 10.7. The number of aromatic nitrogens is 1. The van der Waals surface area contributed by atoms with E-state index in [1.165, 1.54) is 16.2 Å². The quantitative estimate of drug-likeness (QED) is 0.734. The Kier molecular flexibility index (Phi) is 6.36. The molecule has 0 aliphatic carbocycles. The average molecular weight is 319 g/mol. The first kappa shape index (κ1) is 16.5. The molecular weight excluding hydrogens is 298 g/mol. The largest absolute Gasteiger partial charge is 0.392 e. The fourth-order valence-electron chi connectivity index (χ4n) is 2.00. The summed E-state index contributed by atoms with van der Waals surface area (Å²) in [7, 11) is 0. The summed E-state index contributed by atoms with van der Waals surface area (Å²) in [6.07, 6.45) is 4.62. The maximum atomic E-state index is 11.8. The summed E-state index contributed by atoms with van der Waals surface area (Å²) in [5.74, 6) is 0. The normalized spacial score (nSPS) is 10.5. The van der Waals surface area contributed by atoms with Crippen LogP contribution < -0.4 is 10.6 Å². The molecule has 22 heavy (non-hydrogen) atoms. The van der Waals surface area contributed by atoms with Crippen LogP contribution in [0.4, 0.5) is 9.93 Å². The molecule has 6 heteroatoms. The standard InChI is InChI=1S/C16H21N3O2S/c1-2-3-14-10-18-16(22-14)19-15(21)17-9-8-12-4-6-13(11-20)7-5-12/h4-7,10,20H,2-3,8-9,11H2,1H3,(H2,17,18,19,21). The van der Waals surface area contributed by atoms with E-state index in [9.17, 15) is 4.79 Å². The second-order valence-corrected chi connectivity index (χ2v) is 6.10. The molecule has 0 spiro atoms. The SMILES string of the molecule is CCCc1cnc(NC(=O)NCCc2ccc(CO)cc2)s1. The van der Waals surface area contributed by atoms with Gasteiger partial charge >= 0.3 is 6.03 Å². The molecule has 2 aromatic rings. The number of anilines is 1. The van der Waals surface area contributed by atoms with Crippen molar-refractivity contribution in [2.24, 2.45) is 0 Å². The number of thiazole rings is 1. The molecule has 2 amide bonds. The lowest BCUT2D eigenvalue weighted by atomic mass is 10.1. The average Bonchev–Trinajstić information content (AvgIpc) is 2.95. The number of benzene rings is 1. The van der Waals surface area contributed by atoms with Gasteiger partial charge in [-0.25, -0.2) is 9.78 Å². The molecule has 0 atom stereocenters. The number of aryl methyl sites for hydroxylation is 1. The van der Waals surface area contributed by atoms with Gasteiger partial charge in [0, 0.05) is 17.6 Å². The number of amides is 2. The van der Waals surface area contributed by atoms with Gasteiger partial charge in [-0.3, -0.25) is 5.32 Å². The van der Waals surface area contributed by atoms with Crippen LogP contribution in [-0.4, -0.2) is 22.7 Å². The molecule has 0 saturated heterocycles. The molecule has 0 fully saturated rings. The smallest absolute Gasteiger partial charge is 0.321 e. The Morgan fingerprint density at radius 2 is 1.95 bits per heavy atom. The Morgan fingerprint density at radius 1 is 1.23 bits per heavy atom. The second-order valence-electron chi connectivity index (χ2n) is 4.99. The zero-order valence-electron chi connectivity index (χ0n) is 12.6. The van der Waals surface area contributed by atoms with E-state index in [0.717, 1.165) is 30.4 Å². The number of aliphatic hydroxyl groups excluding tert-OH is 1. The molecule has 2 rings (SSSR count). The summed E-state index contributed by atoms with van der Waals surface area (Å²) in [6.45, 7) is 2.72. The van der Waals surface area contributed by atoms with Gasteiger partial charge in [-0.15, -0.1) is 11.3 Å². The predicted molar refractivity (Wildman–Crippen MR) is 89.2 cm³/mol. The summed E-state index contributed by atoms with van der Waals surface area (Å²) < 4.78 is 0. The van der Waals surface area contributed by atoms with Crippen molar-refractivity contribution in [2.45, 2.75) is 32.8 Å². The lowest BCUT2D eigenvalue weighted by Crippen LogP contribution is -2.30. The van der Waals surface area contributed by atoms with Crippen LogP contribution in [0.5, 0.6) is 0 Å². The van der Waals surface area contributed by atoms with Gasteiger partial charge in [0.05, 0.1) is 6.61 Å². The fourth-order valence-corrected chi connectivity index (χ4v) is 2.91. The summed E-state index contributed by atoms with van der Waals surface area (Å²) in [4.78, 5) is 17.1. The van der Waals surface area contributed by atoms with Gasteiger partial charge < -0.3 is 10.4 Å². The van der Waals surface area contributed by atoms with Crippen LogP contribution in [-0.2, 0) is 19.4 Å². The van der Waals surface area contributed by atoms with Crippen molar-refractivity contribution >= 4 is 22.5 Å². The third-order valence-corrected chi connectivity index (χ3v) is 4.15. The van der Waals surface area contributed by atoms with Gasteiger partial charge in [-0.05, 0) is 24.0 Å². The Hall–Kier alpha value is -1.92. The van der Waals surface area contributed by atoms with Gasteiger partial charge in [0.15, 0.2) is 5.13 Å². The molecule has 118 valence electrons. The summed E-state index contributed by atoms with van der Waals surface area (Å²) in [5, 5.41) is 15.2. The Labute approximate surface area is 134 Å². The molecule has 1 aromatic heterocycles. The van der Waals surface area contributed by atoms with Crippen LogP contribution in [0.3, 0.4) is 0 Å². The lowest BCUT2D eigenvalue weighted by molar-refractivity contribution is 0.252. The fraction of sp³-hybridized carbons (Fsp3) is 0.375. The summed E-state index contributed by atoms with van der Waals surface area (Å²) in [6, 6.07) is 7.47. The first-order valence-electron chi connectivity index (χ1n) is 7.39. The predicted octanol–water partition coefficient (Wildman–Crippen LogP) is 2.95. The number of urea groups is 1. The number of carbonyl (C=O) groups is 1. The van der Waals surface area contributed by atoms with E-state index in [2.05, 4.69) is 22.5 Å². The molecule has 1 aromatic carbocycles. The van der Waals surface area contributed by atoms with Gasteiger partial charge in [0.2, 0.25) is 0 Å². The first-order valence-corrected chi connectivity index (χ1v) is 8.21. The maximum Gasteiger partial charge on any atom is 0.321 e. The van der Waals surface area contributed by atoms with E-state index in [4.69, 9.17) is 5.11 Å². The summed E-state index contributed by atoms with van der Waals surface area (Å²) in [5.41, 5.74) is 2.01. The molecule has 3 N–H and O–H groups in total. The zero-order chi connectivity index (χ0) is 15.8. The number of hydrogen-bond acceptors (Lipinski definition) is 4. The van der Waals surface area contributed by atoms with E-state index in [0.29, 0.717) is 11.7 Å². The van der Waals surface area contributed by atoms with E-state index in [1.807, 2.05) is 30.5 Å². The van der Waals surface area contributed by atoms with Gasteiger partial charge in [-0.1, -0.05) is 37.6 Å². The molecule has 0 aliphatic heterocycles. The van der Waals surface area contributed by atoms with Crippen LogP contribution >= 0.6 is 11.3 Å². The highest BCUT2D eigenvalue weighted by Crippen LogP contribution is 2.19. The van der Waals surface area contributed by atoms with Crippen molar-refractivity contribution in [2.75, 3.05) is 11.9 Å². The number of carbonyl (C=O) groups excluding carboxylic acids is 1. The lowest BCUT2D eigenvalue weighted by Gasteiger charge is -2.06. The van der Waals surface area contributed by atoms with Crippen molar-refractivity contribution in [1.29, 1.82) is 0 Å². The summed E-state index contributed by atoms with van der Waals surface area (Å²) >= 11 is 1.51.